The van der Waals surface area contributed by atoms with Crippen molar-refractivity contribution in [1.82, 2.24) is 14.8 Å². The third-order valence-electron chi connectivity index (χ3n) is 6.10. The summed E-state index contributed by atoms with van der Waals surface area (Å²) in [4.78, 5) is 28.2. The molecule has 3 aromatic rings. The average molecular weight is 494 g/mol. The Labute approximate surface area is 205 Å². The zero-order valence-corrected chi connectivity index (χ0v) is 20.0. The zero-order valence-electron chi connectivity index (χ0n) is 19.2. The largest absolute Gasteiger partial charge is 0.497 e. The van der Waals surface area contributed by atoms with E-state index >= 15 is 0 Å². The Morgan fingerprint density at radius 2 is 1.97 bits per heavy atom. The van der Waals surface area contributed by atoms with E-state index in [0.29, 0.717) is 40.4 Å². The Bertz CT molecular complexity index is 1330. The summed E-state index contributed by atoms with van der Waals surface area (Å²) in [5, 5.41) is 19.5. The summed E-state index contributed by atoms with van der Waals surface area (Å²) in [5.74, 6) is 2.45. The minimum absolute atomic E-state index is 0.0520. The molecule has 2 aromatic carbocycles. The van der Waals surface area contributed by atoms with Crippen LogP contribution in [-0.2, 0) is 10.5 Å². The van der Waals surface area contributed by atoms with Gasteiger partial charge in [0, 0.05) is 47.2 Å². The number of fused-ring (bicyclic) bond motifs is 1. The summed E-state index contributed by atoms with van der Waals surface area (Å²) < 4.78 is 12.7. The lowest BCUT2D eigenvalue weighted by Gasteiger charge is -2.32. The number of carbonyl (C=O) groups excluding carboxylic acids is 1. The molecule has 1 aromatic heterocycles. The highest BCUT2D eigenvalue weighted by Gasteiger charge is 2.38. The molecule has 0 saturated carbocycles. The van der Waals surface area contributed by atoms with Crippen LogP contribution in [0.5, 0.6) is 11.5 Å². The normalized spacial score (nSPS) is 16.9. The van der Waals surface area contributed by atoms with Gasteiger partial charge in [0.2, 0.25) is 11.1 Å². The van der Waals surface area contributed by atoms with E-state index in [1.165, 1.54) is 23.9 Å². The predicted molar refractivity (Wildman–Crippen MR) is 130 cm³/mol. The second kappa shape index (κ2) is 9.41. The standard InChI is InChI=1S/C24H23N5O5S/c1-33-16-10-11-17(20(12-16)34-2)22-21-18(4-3-5-19(21)30)25-23-26-24(27-28(22)23)35-13-14-6-8-15(9-7-14)29(31)32/h6-12,22H,3-5,13H2,1-2H3,(H,25,26,27). The lowest BCUT2D eigenvalue weighted by molar-refractivity contribution is -0.384. The first kappa shape index (κ1) is 22.9. The van der Waals surface area contributed by atoms with Crippen LogP contribution in [0.25, 0.3) is 0 Å². The van der Waals surface area contributed by atoms with Gasteiger partial charge in [-0.3, -0.25) is 14.9 Å². The highest BCUT2D eigenvalue weighted by Crippen LogP contribution is 2.44. The number of hydrogen-bond acceptors (Lipinski definition) is 9. The van der Waals surface area contributed by atoms with Crippen molar-refractivity contribution in [3.8, 4) is 11.5 Å². The monoisotopic (exact) mass is 493 g/mol. The molecule has 10 nitrogen and oxygen atoms in total. The molecule has 0 spiro atoms. The molecule has 1 aliphatic carbocycles. The topological polar surface area (TPSA) is 121 Å². The van der Waals surface area contributed by atoms with Gasteiger partial charge in [0.15, 0.2) is 5.78 Å². The molecule has 1 unspecified atom stereocenters. The van der Waals surface area contributed by atoms with Gasteiger partial charge in [0.25, 0.3) is 5.69 Å². The van der Waals surface area contributed by atoms with Crippen LogP contribution in [0.2, 0.25) is 0 Å². The van der Waals surface area contributed by atoms with Crippen molar-refractivity contribution >= 4 is 29.2 Å². The molecule has 0 saturated heterocycles. The molecule has 180 valence electrons. The number of non-ortho nitro benzene ring substituents is 1. The Balaban J connectivity index is 1.49. The third-order valence-corrected chi connectivity index (χ3v) is 7.01. The SMILES string of the molecule is COc1ccc(C2C3=C(CCCC3=O)Nc3nc(SCc4ccc([N+](=O)[O-])cc4)nn32)c(OC)c1. The molecule has 11 heteroatoms. The summed E-state index contributed by atoms with van der Waals surface area (Å²) in [6.07, 6.45) is 2.03. The van der Waals surface area contributed by atoms with Crippen molar-refractivity contribution in [3.05, 3.63) is 75.0 Å². The number of nitrogens with zero attached hydrogens (tertiary/aromatic N) is 4. The average Bonchev–Trinajstić information content (AvgIpc) is 3.29. The van der Waals surface area contributed by atoms with E-state index in [0.717, 1.165) is 29.7 Å². The lowest BCUT2D eigenvalue weighted by Crippen LogP contribution is -2.31. The predicted octanol–water partition coefficient (Wildman–Crippen LogP) is 4.52. The maximum atomic E-state index is 13.1. The van der Waals surface area contributed by atoms with Crippen LogP contribution in [-0.4, -0.2) is 39.7 Å². The summed E-state index contributed by atoms with van der Waals surface area (Å²) in [5.41, 5.74) is 3.33. The number of ketones is 1. The first-order valence-corrected chi connectivity index (χ1v) is 12.0. The van der Waals surface area contributed by atoms with Crippen molar-refractivity contribution in [2.24, 2.45) is 0 Å². The van der Waals surface area contributed by atoms with Crippen molar-refractivity contribution in [1.29, 1.82) is 0 Å². The molecular weight excluding hydrogens is 470 g/mol. The molecule has 0 amide bonds. The fourth-order valence-corrected chi connectivity index (χ4v) is 5.18. The second-order valence-corrected chi connectivity index (χ2v) is 9.12. The molecular formula is C24H23N5O5S. The van der Waals surface area contributed by atoms with Crippen molar-refractivity contribution in [2.75, 3.05) is 19.5 Å². The molecule has 35 heavy (non-hydrogen) atoms. The van der Waals surface area contributed by atoms with Crippen LogP contribution in [0, 0.1) is 10.1 Å². The number of methoxy groups -OCH3 is 2. The van der Waals surface area contributed by atoms with E-state index in [2.05, 4.69) is 10.3 Å². The van der Waals surface area contributed by atoms with Gasteiger partial charge in [-0.1, -0.05) is 23.9 Å². The Hall–Kier alpha value is -3.86. The number of nitrogens with one attached hydrogen (secondary N) is 1. The maximum absolute atomic E-state index is 13.1. The fraction of sp³-hybridized carbons (Fsp3) is 0.292. The number of anilines is 1. The fourth-order valence-electron chi connectivity index (χ4n) is 4.39. The highest BCUT2D eigenvalue weighted by molar-refractivity contribution is 7.98. The van der Waals surface area contributed by atoms with E-state index in [1.54, 1.807) is 37.1 Å². The number of allylic oxidation sites excluding steroid dienone is 2. The van der Waals surface area contributed by atoms with Gasteiger partial charge in [0.1, 0.15) is 17.5 Å². The minimum atomic E-state index is -0.476. The van der Waals surface area contributed by atoms with Crippen molar-refractivity contribution < 1.29 is 19.2 Å². The Morgan fingerprint density at radius 1 is 1.17 bits per heavy atom. The van der Waals surface area contributed by atoms with Crippen LogP contribution >= 0.6 is 11.8 Å². The number of aromatic nitrogens is 3. The maximum Gasteiger partial charge on any atom is 0.269 e. The number of Topliss-reactive ketones (excluding diaryl/α,β-unsaturated/α-hetero) is 1. The van der Waals surface area contributed by atoms with Crippen LogP contribution in [0.3, 0.4) is 0 Å². The van der Waals surface area contributed by atoms with Gasteiger partial charge in [-0.15, -0.1) is 5.10 Å². The minimum Gasteiger partial charge on any atom is -0.497 e. The van der Waals surface area contributed by atoms with Crippen molar-refractivity contribution in [2.45, 2.75) is 36.2 Å². The Kier molecular flexibility index (Phi) is 6.16. The Morgan fingerprint density at radius 3 is 2.69 bits per heavy atom. The molecule has 0 fully saturated rings. The molecule has 1 N–H and O–H groups in total. The van der Waals surface area contributed by atoms with Gasteiger partial charge in [-0.2, -0.15) is 4.98 Å². The van der Waals surface area contributed by atoms with E-state index in [4.69, 9.17) is 14.6 Å². The number of carbonyl (C=O) groups is 1. The molecule has 1 aliphatic heterocycles. The van der Waals surface area contributed by atoms with E-state index in [9.17, 15) is 14.9 Å². The number of ether oxygens (including phenoxy) is 2. The van der Waals surface area contributed by atoms with Crippen LogP contribution in [0.15, 0.2) is 58.9 Å². The quantitative estimate of drug-likeness (QED) is 0.288. The van der Waals surface area contributed by atoms with Gasteiger partial charge < -0.3 is 14.8 Å². The number of thioether (sulfide) groups is 1. The first-order valence-electron chi connectivity index (χ1n) is 11.1. The molecule has 0 radical (unpaired) electrons. The number of nitro groups is 1. The smallest absolute Gasteiger partial charge is 0.269 e. The van der Waals surface area contributed by atoms with E-state index in [-0.39, 0.29) is 11.5 Å². The third kappa shape index (κ3) is 4.34. The zero-order chi connectivity index (χ0) is 24.5. The summed E-state index contributed by atoms with van der Waals surface area (Å²) in [6.45, 7) is 0. The van der Waals surface area contributed by atoms with Crippen molar-refractivity contribution in [3.63, 3.8) is 0 Å². The van der Waals surface area contributed by atoms with Gasteiger partial charge in [-0.25, -0.2) is 4.68 Å². The van der Waals surface area contributed by atoms with Gasteiger partial charge in [0.05, 0.1) is 19.1 Å². The summed E-state index contributed by atoms with van der Waals surface area (Å²) in [7, 11) is 3.18. The second-order valence-electron chi connectivity index (χ2n) is 8.18. The van der Waals surface area contributed by atoms with E-state index in [1.807, 2.05) is 12.1 Å². The van der Waals surface area contributed by atoms with Crippen LogP contribution in [0.1, 0.15) is 36.4 Å². The highest BCUT2D eigenvalue weighted by atomic mass is 32.2. The summed E-state index contributed by atoms with van der Waals surface area (Å²) in [6, 6.07) is 11.5. The van der Waals surface area contributed by atoms with Gasteiger partial charge >= 0.3 is 0 Å². The first-order chi connectivity index (χ1) is 17.0. The molecule has 2 heterocycles. The molecule has 0 bridgehead atoms. The lowest BCUT2D eigenvalue weighted by atomic mass is 9.85. The summed E-state index contributed by atoms with van der Waals surface area (Å²) >= 11 is 1.42. The van der Waals surface area contributed by atoms with Gasteiger partial charge in [-0.05, 0) is 30.5 Å². The molecule has 2 aliphatic rings. The van der Waals surface area contributed by atoms with Crippen LogP contribution < -0.4 is 14.8 Å². The molecule has 1 atom stereocenters. The number of benzene rings is 2. The number of nitro benzene ring substituents is 1. The van der Waals surface area contributed by atoms with E-state index < -0.39 is 11.0 Å². The number of rotatable bonds is 7. The van der Waals surface area contributed by atoms with Crippen LogP contribution in [0.4, 0.5) is 11.6 Å². The number of hydrogen-bond donors (Lipinski definition) is 1. The molecule has 5 rings (SSSR count).